The number of benzene rings is 1. The fourth-order valence-electron chi connectivity index (χ4n) is 5.55. The fraction of sp³-hybridized carbons (Fsp3) is 0.423. The predicted octanol–water partition coefficient (Wildman–Crippen LogP) is 3.01. The number of anilines is 1. The van der Waals surface area contributed by atoms with Crippen molar-refractivity contribution >= 4 is 29.6 Å². The number of rotatable bonds is 4. The number of ether oxygens (including phenoxy) is 1. The van der Waals surface area contributed by atoms with Crippen LogP contribution in [-0.4, -0.2) is 58.4 Å². The van der Waals surface area contributed by atoms with Gasteiger partial charge < -0.3 is 20.3 Å². The SMILES string of the molecule is CNC(=O)Nc1ccc2c(c1)CCC21OC(=O)N(CC(=O)N2[C@@H](c3ccc(C)nc3)CC[C@@H]2C)C1=O. The zero-order valence-electron chi connectivity index (χ0n) is 20.5. The summed E-state index contributed by atoms with van der Waals surface area (Å²) in [4.78, 5) is 58.6. The van der Waals surface area contributed by atoms with Crippen LogP contribution in [0.1, 0.15) is 54.6 Å². The maximum Gasteiger partial charge on any atom is 0.418 e. The van der Waals surface area contributed by atoms with Gasteiger partial charge in [0, 0.05) is 42.7 Å². The summed E-state index contributed by atoms with van der Waals surface area (Å²) in [7, 11) is 1.52. The van der Waals surface area contributed by atoms with Gasteiger partial charge >= 0.3 is 12.1 Å². The van der Waals surface area contributed by atoms with Gasteiger partial charge in [0.1, 0.15) is 6.54 Å². The van der Waals surface area contributed by atoms with Gasteiger partial charge in [-0.25, -0.2) is 14.5 Å². The van der Waals surface area contributed by atoms with Crippen LogP contribution in [0.5, 0.6) is 0 Å². The number of carbonyl (C=O) groups excluding carboxylic acids is 4. The second-order valence-electron chi connectivity index (χ2n) is 9.64. The number of fused-ring (bicyclic) bond motifs is 2. The summed E-state index contributed by atoms with van der Waals surface area (Å²) in [5.74, 6) is -0.816. The van der Waals surface area contributed by atoms with E-state index in [-0.39, 0.29) is 30.6 Å². The number of pyridine rings is 1. The molecule has 3 heterocycles. The lowest BCUT2D eigenvalue weighted by atomic mass is 9.94. The summed E-state index contributed by atoms with van der Waals surface area (Å²) in [6.07, 6.45) is 3.38. The quantitative estimate of drug-likeness (QED) is 0.678. The molecular formula is C26H29N5O5. The highest BCUT2D eigenvalue weighted by Crippen LogP contribution is 2.46. The highest BCUT2D eigenvalue weighted by Gasteiger charge is 2.58. The number of imide groups is 1. The van der Waals surface area contributed by atoms with Crippen LogP contribution in [-0.2, 0) is 26.3 Å². The van der Waals surface area contributed by atoms with E-state index in [1.165, 1.54) is 7.05 Å². The Morgan fingerprint density at radius 2 is 2.00 bits per heavy atom. The average Bonchev–Trinajstić information content (AvgIpc) is 3.49. The van der Waals surface area contributed by atoms with Crippen molar-refractivity contribution in [2.24, 2.45) is 0 Å². The van der Waals surface area contributed by atoms with Crippen molar-refractivity contribution in [1.29, 1.82) is 0 Å². The first kappa shape index (κ1) is 23.8. The second kappa shape index (κ2) is 8.92. The molecule has 2 fully saturated rings. The minimum absolute atomic E-state index is 0.0232. The van der Waals surface area contributed by atoms with Gasteiger partial charge in [-0.1, -0.05) is 12.1 Å². The van der Waals surface area contributed by atoms with E-state index in [1.807, 2.05) is 26.0 Å². The minimum atomic E-state index is -1.44. The van der Waals surface area contributed by atoms with E-state index in [0.717, 1.165) is 34.6 Å². The molecule has 10 heteroatoms. The molecule has 188 valence electrons. The van der Waals surface area contributed by atoms with Crippen LogP contribution in [0.2, 0.25) is 0 Å². The molecule has 0 radical (unpaired) electrons. The highest BCUT2D eigenvalue weighted by atomic mass is 16.6. The average molecular weight is 492 g/mol. The Morgan fingerprint density at radius 1 is 1.19 bits per heavy atom. The molecule has 1 aliphatic carbocycles. The monoisotopic (exact) mass is 491 g/mol. The molecule has 5 amide bonds. The molecular weight excluding hydrogens is 462 g/mol. The number of nitrogens with zero attached hydrogens (tertiary/aromatic N) is 3. The molecule has 3 atom stereocenters. The molecule has 5 rings (SSSR count). The molecule has 2 aromatic rings. The summed E-state index contributed by atoms with van der Waals surface area (Å²) in [5, 5.41) is 5.19. The second-order valence-corrected chi connectivity index (χ2v) is 9.64. The number of hydrogen-bond donors (Lipinski definition) is 2. The molecule has 36 heavy (non-hydrogen) atoms. The number of carbonyl (C=O) groups is 4. The molecule has 2 aliphatic heterocycles. The summed E-state index contributed by atoms with van der Waals surface area (Å²) in [6.45, 7) is 3.51. The van der Waals surface area contributed by atoms with Gasteiger partial charge in [-0.2, -0.15) is 0 Å². The van der Waals surface area contributed by atoms with E-state index in [2.05, 4.69) is 15.6 Å². The Hall–Kier alpha value is -3.95. The lowest BCUT2D eigenvalue weighted by Crippen LogP contribution is -2.46. The molecule has 0 bridgehead atoms. The lowest BCUT2D eigenvalue weighted by molar-refractivity contribution is -0.143. The smallest absolute Gasteiger partial charge is 0.418 e. The Labute approximate surface area is 209 Å². The van der Waals surface area contributed by atoms with Crippen LogP contribution >= 0.6 is 0 Å². The zero-order chi connectivity index (χ0) is 25.6. The third-order valence-electron chi connectivity index (χ3n) is 7.41. The Bertz CT molecular complexity index is 1250. The Morgan fingerprint density at radius 3 is 2.72 bits per heavy atom. The third-order valence-corrected chi connectivity index (χ3v) is 7.41. The van der Waals surface area contributed by atoms with Crippen molar-refractivity contribution < 1.29 is 23.9 Å². The van der Waals surface area contributed by atoms with E-state index in [0.29, 0.717) is 24.1 Å². The summed E-state index contributed by atoms with van der Waals surface area (Å²) < 4.78 is 5.68. The van der Waals surface area contributed by atoms with E-state index in [9.17, 15) is 19.2 Å². The van der Waals surface area contributed by atoms with Crippen LogP contribution in [0.25, 0.3) is 0 Å². The summed E-state index contributed by atoms with van der Waals surface area (Å²) in [5.41, 5.74) is 2.39. The maximum atomic E-state index is 13.6. The minimum Gasteiger partial charge on any atom is -0.427 e. The molecule has 1 spiro atoms. The van der Waals surface area contributed by atoms with Crippen LogP contribution in [0.3, 0.4) is 0 Å². The Kier molecular flexibility index (Phi) is 5.89. The number of amides is 5. The van der Waals surface area contributed by atoms with Gasteiger partial charge in [-0.3, -0.25) is 14.6 Å². The van der Waals surface area contributed by atoms with Crippen LogP contribution in [0.4, 0.5) is 15.3 Å². The number of nitrogens with one attached hydrogen (secondary N) is 2. The summed E-state index contributed by atoms with van der Waals surface area (Å²) >= 11 is 0. The topological polar surface area (TPSA) is 121 Å². The molecule has 10 nitrogen and oxygen atoms in total. The van der Waals surface area contributed by atoms with Gasteiger partial charge in [0.25, 0.3) is 5.91 Å². The maximum absolute atomic E-state index is 13.6. The molecule has 0 saturated carbocycles. The van der Waals surface area contributed by atoms with Crippen LogP contribution in [0, 0.1) is 6.92 Å². The molecule has 1 unspecified atom stereocenters. The van der Waals surface area contributed by atoms with E-state index in [1.54, 1.807) is 29.3 Å². The van der Waals surface area contributed by atoms with Crippen molar-refractivity contribution in [2.75, 3.05) is 18.9 Å². The Balaban J connectivity index is 1.35. The molecule has 3 aliphatic rings. The summed E-state index contributed by atoms with van der Waals surface area (Å²) in [6, 6.07) is 8.51. The van der Waals surface area contributed by atoms with E-state index < -0.39 is 17.6 Å². The number of hydrogen-bond acceptors (Lipinski definition) is 6. The standard InChI is InChI=1S/C26H29N5O5/c1-15-4-6-18(13-28-15)21-9-5-16(2)31(21)22(32)14-30-23(33)26(36-25(30)35)11-10-17-12-19(7-8-20(17)26)29-24(34)27-3/h4,6-8,12-13,16,21H,5,9-11,14H2,1-3H3,(H2,27,29,34)/t16-,21+,26?/m0/s1. The first-order valence-electron chi connectivity index (χ1n) is 12.1. The normalized spacial score (nSPS) is 24.8. The van der Waals surface area contributed by atoms with Gasteiger partial charge in [0.05, 0.1) is 6.04 Å². The number of urea groups is 1. The fourth-order valence-corrected chi connectivity index (χ4v) is 5.55. The first-order chi connectivity index (χ1) is 17.2. The van der Waals surface area contributed by atoms with Crippen molar-refractivity contribution in [3.05, 3.63) is 58.9 Å². The zero-order valence-corrected chi connectivity index (χ0v) is 20.5. The van der Waals surface area contributed by atoms with Crippen molar-refractivity contribution in [2.45, 2.75) is 57.2 Å². The van der Waals surface area contributed by atoms with Crippen LogP contribution < -0.4 is 10.6 Å². The van der Waals surface area contributed by atoms with Gasteiger partial charge in [0.2, 0.25) is 11.5 Å². The number of likely N-dealkylation sites (tertiary alicyclic amines) is 1. The highest BCUT2D eigenvalue weighted by molar-refractivity contribution is 6.06. The van der Waals surface area contributed by atoms with Gasteiger partial charge in [-0.05, 0) is 62.4 Å². The van der Waals surface area contributed by atoms with Crippen molar-refractivity contribution in [3.8, 4) is 0 Å². The van der Waals surface area contributed by atoms with E-state index >= 15 is 0 Å². The number of aromatic nitrogens is 1. The van der Waals surface area contributed by atoms with Crippen molar-refractivity contribution in [1.82, 2.24) is 20.1 Å². The molecule has 1 aromatic heterocycles. The number of aryl methyl sites for hydroxylation is 2. The molecule has 1 aromatic carbocycles. The lowest BCUT2D eigenvalue weighted by Gasteiger charge is -2.30. The van der Waals surface area contributed by atoms with Gasteiger partial charge in [-0.15, -0.1) is 0 Å². The third kappa shape index (κ3) is 3.86. The molecule has 2 saturated heterocycles. The van der Waals surface area contributed by atoms with Crippen molar-refractivity contribution in [3.63, 3.8) is 0 Å². The van der Waals surface area contributed by atoms with Crippen LogP contribution in [0.15, 0.2) is 36.5 Å². The predicted molar refractivity (Wildman–Crippen MR) is 130 cm³/mol. The van der Waals surface area contributed by atoms with E-state index in [4.69, 9.17) is 4.74 Å². The molecule has 2 N–H and O–H groups in total. The largest absolute Gasteiger partial charge is 0.427 e. The first-order valence-corrected chi connectivity index (χ1v) is 12.1. The van der Waals surface area contributed by atoms with Gasteiger partial charge in [0.15, 0.2) is 0 Å².